The van der Waals surface area contributed by atoms with E-state index >= 15 is 0 Å². The number of nitrogens with zero attached hydrogens (tertiary/aromatic N) is 2. The lowest BCUT2D eigenvalue weighted by Crippen LogP contribution is -2.46. The molecule has 31 heavy (non-hydrogen) atoms. The summed E-state index contributed by atoms with van der Waals surface area (Å²) in [6.45, 7) is 2.89. The first kappa shape index (κ1) is 23.0. The van der Waals surface area contributed by atoms with Crippen LogP contribution in [0, 0.1) is 5.92 Å². The Labute approximate surface area is 175 Å². The third-order valence-electron chi connectivity index (χ3n) is 5.29. The SMILES string of the molecule is CCC[C@H]1CN(c2ccc(C(F)(F)F)cn2)CC[C@H]1Oc1ccc(C(F)(F)F)cc1O. The van der Waals surface area contributed by atoms with Gasteiger partial charge in [-0.15, -0.1) is 0 Å². The molecule has 1 aliphatic rings. The summed E-state index contributed by atoms with van der Waals surface area (Å²) in [4.78, 5) is 5.81. The van der Waals surface area contributed by atoms with Crippen LogP contribution in [0.3, 0.4) is 0 Å². The van der Waals surface area contributed by atoms with Crippen molar-refractivity contribution >= 4 is 5.82 Å². The Balaban J connectivity index is 1.72. The first-order valence-electron chi connectivity index (χ1n) is 9.84. The van der Waals surface area contributed by atoms with E-state index < -0.39 is 29.2 Å². The molecule has 3 rings (SSSR count). The molecule has 0 aliphatic carbocycles. The van der Waals surface area contributed by atoms with Crippen molar-refractivity contribution in [1.82, 2.24) is 4.98 Å². The summed E-state index contributed by atoms with van der Waals surface area (Å²) in [6, 6.07) is 4.90. The van der Waals surface area contributed by atoms with Crippen LogP contribution < -0.4 is 9.64 Å². The van der Waals surface area contributed by atoms with E-state index in [0.717, 1.165) is 37.2 Å². The van der Waals surface area contributed by atoms with Crippen molar-refractivity contribution in [2.75, 3.05) is 18.0 Å². The topological polar surface area (TPSA) is 45.6 Å². The largest absolute Gasteiger partial charge is 0.504 e. The van der Waals surface area contributed by atoms with Crippen molar-refractivity contribution in [2.24, 2.45) is 5.92 Å². The minimum absolute atomic E-state index is 0.0276. The molecule has 0 bridgehead atoms. The van der Waals surface area contributed by atoms with E-state index in [1.807, 2.05) is 11.8 Å². The number of pyridine rings is 1. The number of anilines is 1. The number of phenols is 1. The maximum atomic E-state index is 12.8. The number of alkyl halides is 6. The van der Waals surface area contributed by atoms with Gasteiger partial charge in [0.15, 0.2) is 11.5 Å². The second-order valence-electron chi connectivity index (χ2n) is 7.52. The highest BCUT2D eigenvalue weighted by molar-refractivity contribution is 5.43. The van der Waals surface area contributed by atoms with Gasteiger partial charge in [0.1, 0.15) is 11.9 Å². The lowest BCUT2D eigenvalue weighted by atomic mass is 9.90. The van der Waals surface area contributed by atoms with Crippen LogP contribution >= 0.6 is 0 Å². The van der Waals surface area contributed by atoms with Crippen molar-refractivity contribution in [1.29, 1.82) is 0 Å². The van der Waals surface area contributed by atoms with Gasteiger partial charge in [0.2, 0.25) is 0 Å². The molecule has 1 aromatic heterocycles. The van der Waals surface area contributed by atoms with Crippen LogP contribution in [0.4, 0.5) is 32.2 Å². The van der Waals surface area contributed by atoms with Crippen molar-refractivity contribution in [3.05, 3.63) is 47.7 Å². The third kappa shape index (κ3) is 5.54. The second kappa shape index (κ2) is 8.84. The predicted molar refractivity (Wildman–Crippen MR) is 102 cm³/mol. The molecule has 0 spiro atoms. The molecule has 1 aliphatic heterocycles. The monoisotopic (exact) mass is 448 g/mol. The molecule has 1 fully saturated rings. The fourth-order valence-corrected chi connectivity index (χ4v) is 3.72. The Hall–Kier alpha value is -2.65. The summed E-state index contributed by atoms with van der Waals surface area (Å²) in [7, 11) is 0. The average molecular weight is 448 g/mol. The van der Waals surface area contributed by atoms with Crippen LogP contribution in [0.5, 0.6) is 11.5 Å². The highest BCUT2D eigenvalue weighted by Gasteiger charge is 2.35. The summed E-state index contributed by atoms with van der Waals surface area (Å²) in [6.07, 6.45) is -6.54. The maximum Gasteiger partial charge on any atom is 0.417 e. The molecular formula is C21H22F6N2O2. The van der Waals surface area contributed by atoms with Gasteiger partial charge in [0, 0.05) is 31.6 Å². The minimum Gasteiger partial charge on any atom is -0.504 e. The molecule has 1 aromatic carbocycles. The number of aromatic nitrogens is 1. The van der Waals surface area contributed by atoms with E-state index in [9.17, 15) is 31.4 Å². The maximum absolute atomic E-state index is 12.8. The van der Waals surface area contributed by atoms with Crippen molar-refractivity contribution in [2.45, 2.75) is 44.6 Å². The Morgan fingerprint density at radius 1 is 1.06 bits per heavy atom. The Morgan fingerprint density at radius 2 is 1.74 bits per heavy atom. The molecule has 2 heterocycles. The van der Waals surface area contributed by atoms with Crippen LogP contribution in [0.2, 0.25) is 0 Å². The number of benzene rings is 1. The van der Waals surface area contributed by atoms with Gasteiger partial charge in [0.25, 0.3) is 0 Å². The second-order valence-corrected chi connectivity index (χ2v) is 7.52. The number of rotatable bonds is 5. The Morgan fingerprint density at radius 3 is 2.29 bits per heavy atom. The number of ether oxygens (including phenoxy) is 1. The molecule has 0 saturated carbocycles. The molecule has 1 saturated heterocycles. The first-order chi connectivity index (χ1) is 14.5. The van der Waals surface area contributed by atoms with E-state index in [0.29, 0.717) is 31.4 Å². The Kier molecular flexibility index (Phi) is 6.56. The molecule has 0 radical (unpaired) electrons. The van der Waals surface area contributed by atoms with Crippen LogP contribution in [-0.4, -0.2) is 29.3 Å². The summed E-state index contributed by atoms with van der Waals surface area (Å²) >= 11 is 0. The molecule has 0 unspecified atom stereocenters. The van der Waals surface area contributed by atoms with E-state index in [1.165, 1.54) is 6.07 Å². The van der Waals surface area contributed by atoms with E-state index in [2.05, 4.69) is 4.98 Å². The van der Waals surface area contributed by atoms with E-state index in [4.69, 9.17) is 4.74 Å². The minimum atomic E-state index is -4.57. The van der Waals surface area contributed by atoms with E-state index in [1.54, 1.807) is 0 Å². The lowest BCUT2D eigenvalue weighted by molar-refractivity contribution is -0.138. The summed E-state index contributed by atoms with van der Waals surface area (Å²) in [5.41, 5.74) is -1.79. The molecular weight excluding hydrogens is 426 g/mol. The number of hydrogen-bond acceptors (Lipinski definition) is 4. The van der Waals surface area contributed by atoms with Gasteiger partial charge in [-0.1, -0.05) is 13.3 Å². The molecule has 4 nitrogen and oxygen atoms in total. The highest BCUT2D eigenvalue weighted by atomic mass is 19.4. The number of halogens is 6. The van der Waals surface area contributed by atoms with Gasteiger partial charge < -0.3 is 14.7 Å². The smallest absolute Gasteiger partial charge is 0.417 e. The van der Waals surface area contributed by atoms with Gasteiger partial charge in [-0.2, -0.15) is 26.3 Å². The normalized spacial score (nSPS) is 20.0. The summed E-state index contributed by atoms with van der Waals surface area (Å²) < 4.78 is 82.5. The van der Waals surface area contributed by atoms with E-state index in [-0.39, 0.29) is 17.8 Å². The zero-order valence-electron chi connectivity index (χ0n) is 16.7. The number of aromatic hydroxyl groups is 1. The fraction of sp³-hybridized carbons (Fsp3) is 0.476. The van der Waals surface area contributed by atoms with Crippen LogP contribution in [0.15, 0.2) is 36.5 Å². The number of hydrogen-bond donors (Lipinski definition) is 1. The first-order valence-corrected chi connectivity index (χ1v) is 9.84. The third-order valence-corrected chi connectivity index (χ3v) is 5.29. The van der Waals surface area contributed by atoms with Gasteiger partial charge in [-0.25, -0.2) is 4.98 Å². The fourth-order valence-electron chi connectivity index (χ4n) is 3.72. The zero-order chi connectivity index (χ0) is 22.8. The van der Waals surface area contributed by atoms with Gasteiger partial charge >= 0.3 is 12.4 Å². The van der Waals surface area contributed by atoms with Crippen molar-refractivity contribution < 1.29 is 36.2 Å². The number of piperidine rings is 1. The molecule has 170 valence electrons. The Bertz CT molecular complexity index is 883. The molecule has 0 amide bonds. The summed E-state index contributed by atoms with van der Waals surface area (Å²) in [5, 5.41) is 9.99. The average Bonchev–Trinajstić information content (AvgIpc) is 2.69. The van der Waals surface area contributed by atoms with Crippen LogP contribution in [0.1, 0.15) is 37.3 Å². The number of phenolic OH excluding ortho intramolecular Hbond substituents is 1. The van der Waals surface area contributed by atoms with Gasteiger partial charge in [0.05, 0.1) is 11.1 Å². The quantitative estimate of drug-likeness (QED) is 0.579. The van der Waals surface area contributed by atoms with Gasteiger partial charge in [-0.3, -0.25) is 0 Å². The predicted octanol–water partition coefficient (Wildman–Crippen LogP) is 5.90. The lowest BCUT2D eigenvalue weighted by Gasteiger charge is -2.39. The molecule has 2 atom stereocenters. The van der Waals surface area contributed by atoms with Crippen molar-refractivity contribution in [3.8, 4) is 11.5 Å². The zero-order valence-corrected chi connectivity index (χ0v) is 16.7. The summed E-state index contributed by atoms with van der Waals surface area (Å²) in [5.74, 6) is -0.230. The standard InChI is InChI=1S/C21H22F6N2O2/c1-2-3-13-12-29(19-7-5-15(11-28-19)21(25,26)27)9-8-17(13)31-18-6-4-14(10-16(18)30)20(22,23)24/h4-7,10-11,13,17,30H,2-3,8-9,12H2,1H3/t13-,17+/m0/s1. The molecule has 1 N–H and O–H groups in total. The molecule has 2 aromatic rings. The van der Waals surface area contributed by atoms with Gasteiger partial charge in [-0.05, 0) is 36.8 Å². The van der Waals surface area contributed by atoms with Crippen LogP contribution in [0.25, 0.3) is 0 Å². The van der Waals surface area contributed by atoms with Crippen LogP contribution in [-0.2, 0) is 12.4 Å². The van der Waals surface area contributed by atoms with Crippen molar-refractivity contribution in [3.63, 3.8) is 0 Å². The molecule has 10 heteroatoms. The highest BCUT2D eigenvalue weighted by Crippen LogP contribution is 2.38.